The average molecular weight is 289 g/mol. The number of imidazole rings is 1. The van der Waals surface area contributed by atoms with E-state index in [-0.39, 0.29) is 0 Å². The highest BCUT2D eigenvalue weighted by molar-refractivity contribution is 5.56. The van der Waals surface area contributed by atoms with Crippen molar-refractivity contribution in [1.82, 2.24) is 14.3 Å². The highest BCUT2D eigenvalue weighted by atomic mass is 15.3. The second-order valence-electron chi connectivity index (χ2n) is 6.16. The molecule has 0 aliphatic carbocycles. The summed E-state index contributed by atoms with van der Waals surface area (Å²) in [5.74, 6) is 1.61. The van der Waals surface area contributed by atoms with Crippen molar-refractivity contribution in [3.8, 4) is 0 Å². The van der Waals surface area contributed by atoms with E-state index in [1.165, 1.54) is 0 Å². The molecule has 0 amide bonds. The fourth-order valence-corrected chi connectivity index (χ4v) is 2.52. The molecule has 0 saturated carbocycles. The van der Waals surface area contributed by atoms with Crippen molar-refractivity contribution < 1.29 is 0 Å². The third-order valence-corrected chi connectivity index (χ3v) is 3.50. The topological polar surface area (TPSA) is 49.8 Å². The Labute approximate surface area is 127 Å². The second-order valence-corrected chi connectivity index (χ2v) is 6.16. The van der Waals surface area contributed by atoms with Gasteiger partial charge in [0.2, 0.25) is 0 Å². The maximum absolute atomic E-state index is 5.99. The molecule has 0 unspecified atom stereocenters. The number of hydrogen-bond acceptors (Lipinski definition) is 4. The van der Waals surface area contributed by atoms with E-state index in [1.54, 1.807) is 0 Å². The standard InChI is InChI=1S/C16H27N5/c1-13(2)12-20(10-9-19(3)4)16-14(11-17)21-8-6-5-7-15(21)18-16/h5-8,13H,9-12,17H2,1-4H3. The zero-order valence-corrected chi connectivity index (χ0v) is 13.6. The summed E-state index contributed by atoms with van der Waals surface area (Å²) < 4.78 is 2.10. The van der Waals surface area contributed by atoms with Crippen LogP contribution in [0.2, 0.25) is 0 Å². The Kier molecular flexibility index (Phi) is 5.20. The maximum atomic E-state index is 5.99. The zero-order chi connectivity index (χ0) is 15.4. The van der Waals surface area contributed by atoms with E-state index >= 15 is 0 Å². The molecule has 0 aromatic carbocycles. The first-order valence-corrected chi connectivity index (χ1v) is 7.58. The molecule has 116 valence electrons. The summed E-state index contributed by atoms with van der Waals surface area (Å²) >= 11 is 0. The van der Waals surface area contributed by atoms with Crippen molar-refractivity contribution in [1.29, 1.82) is 0 Å². The van der Waals surface area contributed by atoms with E-state index in [4.69, 9.17) is 10.7 Å². The van der Waals surface area contributed by atoms with Crippen molar-refractivity contribution >= 4 is 11.5 Å². The minimum absolute atomic E-state index is 0.497. The monoisotopic (exact) mass is 289 g/mol. The first kappa shape index (κ1) is 15.8. The second kappa shape index (κ2) is 6.91. The molecule has 5 heteroatoms. The summed E-state index contributed by atoms with van der Waals surface area (Å²) in [6.07, 6.45) is 2.04. The SMILES string of the molecule is CC(C)CN(CCN(C)C)c1nc2ccccn2c1CN. The number of pyridine rings is 1. The third-order valence-electron chi connectivity index (χ3n) is 3.50. The lowest BCUT2D eigenvalue weighted by Gasteiger charge is -2.27. The van der Waals surface area contributed by atoms with Crippen LogP contribution in [0.3, 0.4) is 0 Å². The van der Waals surface area contributed by atoms with Gasteiger partial charge in [0.1, 0.15) is 5.65 Å². The quantitative estimate of drug-likeness (QED) is 0.844. The van der Waals surface area contributed by atoms with Crippen LogP contribution in [0.15, 0.2) is 24.4 Å². The van der Waals surface area contributed by atoms with Crippen LogP contribution in [0.4, 0.5) is 5.82 Å². The van der Waals surface area contributed by atoms with E-state index < -0.39 is 0 Å². The van der Waals surface area contributed by atoms with Gasteiger partial charge in [-0.2, -0.15) is 0 Å². The van der Waals surface area contributed by atoms with E-state index in [2.05, 4.69) is 42.1 Å². The molecular weight excluding hydrogens is 262 g/mol. The van der Waals surface area contributed by atoms with Crippen LogP contribution in [-0.2, 0) is 6.54 Å². The Morgan fingerprint density at radius 1 is 1.24 bits per heavy atom. The lowest BCUT2D eigenvalue weighted by atomic mass is 10.2. The summed E-state index contributed by atoms with van der Waals surface area (Å²) in [4.78, 5) is 9.37. The number of anilines is 1. The number of aromatic nitrogens is 2. The summed E-state index contributed by atoms with van der Waals surface area (Å²) in [6.45, 7) is 7.93. The van der Waals surface area contributed by atoms with Crippen LogP contribution in [0.25, 0.3) is 5.65 Å². The molecule has 0 bridgehead atoms. The van der Waals surface area contributed by atoms with E-state index in [0.29, 0.717) is 12.5 Å². The van der Waals surface area contributed by atoms with E-state index in [0.717, 1.165) is 36.8 Å². The van der Waals surface area contributed by atoms with Crippen LogP contribution in [0.5, 0.6) is 0 Å². The molecule has 2 heterocycles. The third kappa shape index (κ3) is 3.74. The highest BCUT2D eigenvalue weighted by Crippen LogP contribution is 2.22. The van der Waals surface area contributed by atoms with Gasteiger partial charge < -0.3 is 19.9 Å². The summed E-state index contributed by atoms with van der Waals surface area (Å²) in [6, 6.07) is 6.06. The summed E-state index contributed by atoms with van der Waals surface area (Å²) in [5.41, 5.74) is 8.04. The number of hydrogen-bond donors (Lipinski definition) is 1. The van der Waals surface area contributed by atoms with Crippen molar-refractivity contribution in [3.63, 3.8) is 0 Å². The lowest BCUT2D eigenvalue weighted by Crippen LogP contribution is -2.35. The molecule has 21 heavy (non-hydrogen) atoms. The van der Waals surface area contributed by atoms with Crippen molar-refractivity contribution in [2.45, 2.75) is 20.4 Å². The number of likely N-dealkylation sites (N-methyl/N-ethyl adjacent to an activating group) is 1. The highest BCUT2D eigenvalue weighted by Gasteiger charge is 2.18. The number of nitrogens with zero attached hydrogens (tertiary/aromatic N) is 4. The molecule has 0 atom stereocenters. The fraction of sp³-hybridized carbons (Fsp3) is 0.562. The normalized spacial score (nSPS) is 11.8. The van der Waals surface area contributed by atoms with Crippen molar-refractivity contribution in [3.05, 3.63) is 30.1 Å². The first-order chi connectivity index (χ1) is 10.0. The van der Waals surface area contributed by atoms with Gasteiger partial charge in [-0.05, 0) is 32.1 Å². The molecule has 0 aliphatic rings. The molecule has 2 N–H and O–H groups in total. The maximum Gasteiger partial charge on any atom is 0.152 e. The van der Waals surface area contributed by atoms with Crippen LogP contribution in [0, 0.1) is 5.92 Å². The molecule has 0 fully saturated rings. The van der Waals surface area contributed by atoms with Gasteiger partial charge in [0.05, 0.1) is 5.69 Å². The number of fused-ring (bicyclic) bond motifs is 1. The zero-order valence-electron chi connectivity index (χ0n) is 13.6. The summed E-state index contributed by atoms with van der Waals surface area (Å²) in [5, 5.41) is 0. The molecular formula is C16H27N5. The summed E-state index contributed by atoms with van der Waals surface area (Å²) in [7, 11) is 4.20. The van der Waals surface area contributed by atoms with Crippen LogP contribution in [0.1, 0.15) is 19.5 Å². The first-order valence-electron chi connectivity index (χ1n) is 7.58. The predicted molar refractivity (Wildman–Crippen MR) is 88.7 cm³/mol. The Morgan fingerprint density at radius 2 is 2.00 bits per heavy atom. The fourth-order valence-electron chi connectivity index (χ4n) is 2.52. The van der Waals surface area contributed by atoms with Crippen LogP contribution < -0.4 is 10.6 Å². The van der Waals surface area contributed by atoms with Crippen molar-refractivity contribution in [2.75, 3.05) is 38.6 Å². The van der Waals surface area contributed by atoms with E-state index in [9.17, 15) is 0 Å². The van der Waals surface area contributed by atoms with Crippen LogP contribution >= 0.6 is 0 Å². The molecule has 2 rings (SSSR count). The Hall–Kier alpha value is -1.59. The largest absolute Gasteiger partial charge is 0.354 e. The van der Waals surface area contributed by atoms with Gasteiger partial charge in [0.25, 0.3) is 0 Å². The molecule has 0 spiro atoms. The van der Waals surface area contributed by atoms with Gasteiger partial charge in [0.15, 0.2) is 5.82 Å². The minimum atomic E-state index is 0.497. The van der Waals surface area contributed by atoms with Crippen molar-refractivity contribution in [2.24, 2.45) is 11.7 Å². The Bertz CT molecular complexity index is 573. The van der Waals surface area contributed by atoms with Gasteiger partial charge in [-0.3, -0.25) is 0 Å². The van der Waals surface area contributed by atoms with Gasteiger partial charge in [0, 0.05) is 32.4 Å². The molecule has 0 radical (unpaired) electrons. The molecule has 2 aromatic rings. The van der Waals surface area contributed by atoms with Gasteiger partial charge in [-0.1, -0.05) is 19.9 Å². The smallest absolute Gasteiger partial charge is 0.152 e. The van der Waals surface area contributed by atoms with Gasteiger partial charge in [-0.15, -0.1) is 0 Å². The average Bonchev–Trinajstić information content (AvgIpc) is 2.81. The lowest BCUT2D eigenvalue weighted by molar-refractivity contribution is 0.408. The van der Waals surface area contributed by atoms with Crippen LogP contribution in [-0.4, -0.2) is 48.0 Å². The predicted octanol–water partition coefficient (Wildman–Crippen LogP) is 1.82. The number of rotatable bonds is 7. The molecule has 0 aliphatic heterocycles. The van der Waals surface area contributed by atoms with Gasteiger partial charge in [-0.25, -0.2) is 4.98 Å². The Balaban J connectivity index is 2.37. The molecule has 2 aromatic heterocycles. The molecule has 0 saturated heterocycles. The van der Waals surface area contributed by atoms with E-state index in [1.807, 2.05) is 24.4 Å². The molecule has 5 nitrogen and oxygen atoms in total. The van der Waals surface area contributed by atoms with Gasteiger partial charge >= 0.3 is 0 Å². The minimum Gasteiger partial charge on any atom is -0.354 e. The number of nitrogens with two attached hydrogens (primary N) is 1. The Morgan fingerprint density at radius 3 is 2.62 bits per heavy atom.